The van der Waals surface area contributed by atoms with Crippen molar-refractivity contribution in [2.24, 2.45) is 0 Å². The van der Waals surface area contributed by atoms with Gasteiger partial charge in [0.05, 0.1) is 12.1 Å². The Bertz CT molecular complexity index is 1100. The topological polar surface area (TPSA) is 57.8 Å². The summed E-state index contributed by atoms with van der Waals surface area (Å²) in [5, 5.41) is 6.20. The average molecular weight is 486 g/mol. The van der Waals surface area contributed by atoms with E-state index in [1.807, 2.05) is 35.8 Å². The van der Waals surface area contributed by atoms with Crippen LogP contribution in [0, 0.1) is 0 Å². The molecule has 1 amide bonds. The molecule has 0 radical (unpaired) electrons. The molecule has 4 rings (SSSR count). The van der Waals surface area contributed by atoms with Gasteiger partial charge in [-0.1, -0.05) is 58.0 Å². The molecule has 2 aromatic heterocycles. The van der Waals surface area contributed by atoms with Crippen LogP contribution in [0.5, 0.6) is 0 Å². The molecule has 0 unspecified atom stereocenters. The zero-order valence-electron chi connectivity index (χ0n) is 15.7. The van der Waals surface area contributed by atoms with Crippen molar-refractivity contribution in [1.82, 2.24) is 15.3 Å². The van der Waals surface area contributed by atoms with Gasteiger partial charge in [0, 0.05) is 39.3 Å². The van der Waals surface area contributed by atoms with Crippen molar-refractivity contribution < 1.29 is 4.79 Å². The van der Waals surface area contributed by atoms with Gasteiger partial charge in [-0.15, -0.1) is 11.3 Å². The molecule has 148 valence electrons. The zero-order valence-corrected chi connectivity index (χ0v) is 18.9. The van der Waals surface area contributed by atoms with Crippen LogP contribution in [0.4, 0.5) is 0 Å². The monoisotopic (exact) mass is 485 g/mol. The number of nitrogens with one attached hydrogen (secondary N) is 2. The van der Waals surface area contributed by atoms with E-state index in [1.54, 1.807) is 23.1 Å². The van der Waals surface area contributed by atoms with E-state index in [-0.39, 0.29) is 5.91 Å². The van der Waals surface area contributed by atoms with E-state index < -0.39 is 0 Å². The summed E-state index contributed by atoms with van der Waals surface area (Å²) in [6.07, 6.45) is 3.15. The van der Waals surface area contributed by atoms with Crippen molar-refractivity contribution in [2.75, 3.05) is 6.54 Å². The molecule has 0 bridgehead atoms. The van der Waals surface area contributed by atoms with Gasteiger partial charge in [-0.25, -0.2) is 4.98 Å². The summed E-state index contributed by atoms with van der Waals surface area (Å²) >= 11 is 6.75. The molecule has 0 saturated carbocycles. The largest absolute Gasteiger partial charge is 0.361 e. The molecule has 7 heteroatoms. The second-order valence-corrected chi connectivity index (χ2v) is 9.65. The van der Waals surface area contributed by atoms with Crippen molar-refractivity contribution in [2.45, 2.75) is 22.9 Å². The summed E-state index contributed by atoms with van der Waals surface area (Å²) in [4.78, 5) is 20.1. The van der Waals surface area contributed by atoms with E-state index >= 15 is 0 Å². The van der Waals surface area contributed by atoms with Gasteiger partial charge >= 0.3 is 0 Å². The van der Waals surface area contributed by atoms with Crippen LogP contribution < -0.4 is 5.32 Å². The van der Waals surface area contributed by atoms with Crippen LogP contribution in [0.2, 0.25) is 0 Å². The lowest BCUT2D eigenvalue weighted by molar-refractivity contribution is -0.120. The number of hydrogen-bond acceptors (Lipinski definition) is 4. The Morgan fingerprint density at radius 1 is 1.17 bits per heavy atom. The Morgan fingerprint density at radius 2 is 2.00 bits per heavy atom. The van der Waals surface area contributed by atoms with Gasteiger partial charge in [0.15, 0.2) is 0 Å². The standard InChI is InChI=1S/C22H20BrN3OS2/c23-17-7-5-15(6-8-17)13-28-22-26-18(14-29-22)11-21(27)24-10-9-16-12-25-20-4-2-1-3-19(16)20/h1-8,12,14,25H,9-11,13H2,(H,24,27). The van der Waals surface area contributed by atoms with E-state index in [0.29, 0.717) is 13.0 Å². The molecule has 0 spiro atoms. The van der Waals surface area contributed by atoms with Crippen molar-refractivity contribution in [3.63, 3.8) is 0 Å². The summed E-state index contributed by atoms with van der Waals surface area (Å²) in [5.74, 6) is 0.886. The van der Waals surface area contributed by atoms with Gasteiger partial charge < -0.3 is 10.3 Å². The SMILES string of the molecule is O=C(Cc1csc(SCc2ccc(Br)cc2)n1)NCCc1c[nH]c2ccccc12. The maximum atomic E-state index is 12.3. The molecular weight excluding hydrogens is 466 g/mol. The molecular formula is C22H20BrN3OS2. The number of rotatable bonds is 8. The number of fused-ring (bicyclic) bond motifs is 1. The minimum atomic E-state index is 0.0135. The Morgan fingerprint density at radius 3 is 2.86 bits per heavy atom. The molecule has 0 aliphatic carbocycles. The number of amides is 1. The molecule has 2 aromatic carbocycles. The number of nitrogens with zero attached hydrogens (tertiary/aromatic N) is 1. The Kier molecular flexibility index (Phi) is 6.69. The van der Waals surface area contributed by atoms with Crippen LogP contribution in [0.15, 0.2) is 68.9 Å². The van der Waals surface area contributed by atoms with Gasteiger partial charge in [0.2, 0.25) is 5.91 Å². The molecule has 29 heavy (non-hydrogen) atoms. The van der Waals surface area contributed by atoms with Gasteiger partial charge in [-0.2, -0.15) is 0 Å². The summed E-state index contributed by atoms with van der Waals surface area (Å²) < 4.78 is 2.08. The van der Waals surface area contributed by atoms with Crippen molar-refractivity contribution >= 4 is 55.8 Å². The predicted octanol–water partition coefficient (Wildman–Crippen LogP) is 5.58. The van der Waals surface area contributed by atoms with E-state index in [1.165, 1.54) is 16.5 Å². The molecule has 0 aliphatic heterocycles. The number of para-hydroxylation sites is 1. The van der Waals surface area contributed by atoms with Crippen molar-refractivity contribution in [1.29, 1.82) is 0 Å². The van der Waals surface area contributed by atoms with Crippen molar-refractivity contribution in [3.05, 3.63) is 81.4 Å². The van der Waals surface area contributed by atoms with Crippen LogP contribution in [-0.2, 0) is 23.4 Å². The number of thiazole rings is 1. The molecule has 4 aromatic rings. The van der Waals surface area contributed by atoms with Crippen LogP contribution in [0.25, 0.3) is 10.9 Å². The number of aromatic nitrogens is 2. The maximum Gasteiger partial charge on any atom is 0.226 e. The third kappa shape index (κ3) is 5.50. The number of thioether (sulfide) groups is 1. The van der Waals surface area contributed by atoms with Gasteiger partial charge in [-0.05, 0) is 35.7 Å². The van der Waals surface area contributed by atoms with Gasteiger partial charge in [0.1, 0.15) is 4.34 Å². The van der Waals surface area contributed by atoms with Crippen LogP contribution in [-0.4, -0.2) is 22.4 Å². The fourth-order valence-electron chi connectivity index (χ4n) is 3.06. The summed E-state index contributed by atoms with van der Waals surface area (Å²) in [6.45, 7) is 0.621. The van der Waals surface area contributed by atoms with Crippen LogP contribution in [0.1, 0.15) is 16.8 Å². The molecule has 4 nitrogen and oxygen atoms in total. The highest BCUT2D eigenvalue weighted by Gasteiger charge is 2.09. The van der Waals surface area contributed by atoms with Crippen molar-refractivity contribution in [3.8, 4) is 0 Å². The Balaban J connectivity index is 1.23. The third-order valence-electron chi connectivity index (χ3n) is 4.54. The number of halogens is 1. The molecule has 0 saturated heterocycles. The first-order valence-corrected chi connectivity index (χ1v) is 12.0. The smallest absolute Gasteiger partial charge is 0.226 e. The zero-order chi connectivity index (χ0) is 20.1. The molecule has 0 fully saturated rings. The maximum absolute atomic E-state index is 12.3. The first-order valence-electron chi connectivity index (χ1n) is 9.31. The fraction of sp³-hybridized carbons (Fsp3) is 0.182. The minimum Gasteiger partial charge on any atom is -0.361 e. The lowest BCUT2D eigenvalue weighted by Gasteiger charge is -2.03. The lowest BCUT2D eigenvalue weighted by Crippen LogP contribution is -2.27. The molecule has 2 heterocycles. The molecule has 0 atom stereocenters. The minimum absolute atomic E-state index is 0.0135. The fourth-order valence-corrected chi connectivity index (χ4v) is 5.13. The van der Waals surface area contributed by atoms with Crippen LogP contribution in [0.3, 0.4) is 0 Å². The lowest BCUT2D eigenvalue weighted by atomic mass is 10.1. The highest BCUT2D eigenvalue weighted by molar-refractivity contribution is 9.10. The highest BCUT2D eigenvalue weighted by Crippen LogP contribution is 2.27. The first-order chi connectivity index (χ1) is 14.2. The predicted molar refractivity (Wildman–Crippen MR) is 125 cm³/mol. The number of carbonyl (C=O) groups excluding carboxylic acids is 1. The van der Waals surface area contributed by atoms with Crippen LogP contribution >= 0.6 is 39.0 Å². The Labute approximate surface area is 186 Å². The molecule has 2 N–H and O–H groups in total. The van der Waals surface area contributed by atoms with E-state index in [0.717, 1.165) is 32.2 Å². The highest BCUT2D eigenvalue weighted by atomic mass is 79.9. The van der Waals surface area contributed by atoms with Gasteiger partial charge in [0.25, 0.3) is 0 Å². The number of hydrogen-bond donors (Lipinski definition) is 2. The summed E-state index contributed by atoms with van der Waals surface area (Å²) in [6, 6.07) is 16.5. The quantitative estimate of drug-likeness (QED) is 0.320. The number of H-pyrrole nitrogens is 1. The second-order valence-electron chi connectivity index (χ2n) is 6.66. The first kappa shape index (κ1) is 20.2. The summed E-state index contributed by atoms with van der Waals surface area (Å²) in [5.41, 5.74) is 4.44. The molecule has 0 aliphatic rings. The number of aromatic amines is 1. The van der Waals surface area contributed by atoms with E-state index in [4.69, 9.17) is 0 Å². The second kappa shape index (κ2) is 9.61. The Hall–Kier alpha value is -2.09. The van der Waals surface area contributed by atoms with E-state index in [2.05, 4.69) is 55.5 Å². The number of benzene rings is 2. The third-order valence-corrected chi connectivity index (χ3v) is 7.21. The van der Waals surface area contributed by atoms with Gasteiger partial charge in [-0.3, -0.25) is 4.79 Å². The number of carbonyl (C=O) groups is 1. The summed E-state index contributed by atoms with van der Waals surface area (Å²) in [7, 11) is 0. The van der Waals surface area contributed by atoms with E-state index in [9.17, 15) is 4.79 Å². The normalized spacial score (nSPS) is 11.1. The average Bonchev–Trinajstić information content (AvgIpc) is 3.35.